The highest BCUT2D eigenvalue weighted by Crippen LogP contribution is 2.21. The van der Waals surface area contributed by atoms with E-state index in [9.17, 15) is 18.4 Å². The van der Waals surface area contributed by atoms with E-state index in [2.05, 4.69) is 5.32 Å². The number of carboxylic acids is 1. The molecule has 0 radical (unpaired) electrons. The summed E-state index contributed by atoms with van der Waals surface area (Å²) in [5, 5.41) is 11.2. The SMILES string of the molecule is C[C@@H](C(=O)Nc1cc(C(=O)O)ccc1F)c1cccc(F)c1. The van der Waals surface area contributed by atoms with Crippen molar-refractivity contribution in [2.75, 3.05) is 5.32 Å². The normalized spacial score (nSPS) is 11.8. The van der Waals surface area contributed by atoms with Crippen molar-refractivity contribution in [3.63, 3.8) is 0 Å². The van der Waals surface area contributed by atoms with Crippen LogP contribution in [0, 0.1) is 11.6 Å². The Bertz CT molecular complexity index is 731. The van der Waals surface area contributed by atoms with Gasteiger partial charge < -0.3 is 10.4 Å². The van der Waals surface area contributed by atoms with Crippen LogP contribution in [0.2, 0.25) is 0 Å². The first kappa shape index (κ1) is 15.6. The Morgan fingerprint density at radius 1 is 1.14 bits per heavy atom. The summed E-state index contributed by atoms with van der Waals surface area (Å²) in [7, 11) is 0. The van der Waals surface area contributed by atoms with E-state index >= 15 is 0 Å². The molecule has 2 aromatic carbocycles. The Balaban J connectivity index is 2.21. The van der Waals surface area contributed by atoms with E-state index in [0.717, 1.165) is 18.2 Å². The van der Waals surface area contributed by atoms with Crippen LogP contribution in [0.1, 0.15) is 28.8 Å². The molecule has 0 spiro atoms. The van der Waals surface area contributed by atoms with Gasteiger partial charge in [-0.2, -0.15) is 0 Å². The van der Waals surface area contributed by atoms with Gasteiger partial charge in [-0.15, -0.1) is 0 Å². The average molecular weight is 305 g/mol. The second kappa shape index (κ2) is 6.34. The van der Waals surface area contributed by atoms with Gasteiger partial charge in [-0.05, 0) is 42.8 Å². The van der Waals surface area contributed by atoms with Gasteiger partial charge >= 0.3 is 5.97 Å². The molecule has 0 heterocycles. The van der Waals surface area contributed by atoms with Gasteiger partial charge in [0.2, 0.25) is 5.91 Å². The fourth-order valence-electron chi connectivity index (χ4n) is 1.92. The molecule has 4 nitrogen and oxygen atoms in total. The fraction of sp³-hybridized carbons (Fsp3) is 0.125. The largest absolute Gasteiger partial charge is 0.478 e. The van der Waals surface area contributed by atoms with E-state index in [1.807, 2.05) is 0 Å². The number of nitrogens with one attached hydrogen (secondary N) is 1. The van der Waals surface area contributed by atoms with E-state index < -0.39 is 29.4 Å². The summed E-state index contributed by atoms with van der Waals surface area (Å²) in [6.07, 6.45) is 0. The molecule has 0 aromatic heterocycles. The van der Waals surface area contributed by atoms with Crippen molar-refractivity contribution in [2.24, 2.45) is 0 Å². The highest BCUT2D eigenvalue weighted by atomic mass is 19.1. The molecule has 0 bridgehead atoms. The van der Waals surface area contributed by atoms with Crippen LogP contribution >= 0.6 is 0 Å². The predicted molar refractivity (Wildman–Crippen MR) is 76.8 cm³/mol. The molecule has 0 saturated carbocycles. The van der Waals surface area contributed by atoms with Gasteiger partial charge in [-0.3, -0.25) is 4.79 Å². The van der Waals surface area contributed by atoms with E-state index in [-0.39, 0.29) is 11.3 Å². The monoisotopic (exact) mass is 305 g/mol. The van der Waals surface area contributed by atoms with Crippen molar-refractivity contribution < 1.29 is 23.5 Å². The Hall–Kier alpha value is -2.76. The van der Waals surface area contributed by atoms with Crippen LogP contribution in [0.25, 0.3) is 0 Å². The molecule has 0 aliphatic carbocycles. The Labute approximate surface area is 125 Å². The van der Waals surface area contributed by atoms with Crippen molar-refractivity contribution in [3.05, 3.63) is 65.2 Å². The van der Waals surface area contributed by atoms with Crippen LogP contribution in [0.15, 0.2) is 42.5 Å². The third-order valence-corrected chi connectivity index (χ3v) is 3.21. The Kier molecular flexibility index (Phi) is 4.50. The summed E-state index contributed by atoms with van der Waals surface area (Å²) in [5.41, 5.74) is 0.0653. The van der Waals surface area contributed by atoms with Gasteiger partial charge in [0.25, 0.3) is 0 Å². The number of halogens is 2. The summed E-state index contributed by atoms with van der Waals surface area (Å²) in [6, 6.07) is 8.62. The van der Waals surface area contributed by atoms with Crippen molar-refractivity contribution in [3.8, 4) is 0 Å². The fourth-order valence-corrected chi connectivity index (χ4v) is 1.92. The molecule has 0 unspecified atom stereocenters. The zero-order chi connectivity index (χ0) is 16.3. The number of carbonyl (C=O) groups excluding carboxylic acids is 1. The summed E-state index contributed by atoms with van der Waals surface area (Å²) >= 11 is 0. The minimum Gasteiger partial charge on any atom is -0.478 e. The second-order valence-corrected chi connectivity index (χ2v) is 4.77. The van der Waals surface area contributed by atoms with Crippen molar-refractivity contribution >= 4 is 17.6 Å². The lowest BCUT2D eigenvalue weighted by molar-refractivity contribution is -0.117. The molecular weight excluding hydrogens is 292 g/mol. The van der Waals surface area contributed by atoms with Crippen molar-refractivity contribution in [2.45, 2.75) is 12.8 Å². The Morgan fingerprint density at radius 3 is 2.50 bits per heavy atom. The zero-order valence-electron chi connectivity index (χ0n) is 11.6. The van der Waals surface area contributed by atoms with Crippen molar-refractivity contribution in [1.82, 2.24) is 0 Å². The van der Waals surface area contributed by atoms with E-state index in [0.29, 0.717) is 5.56 Å². The lowest BCUT2D eigenvalue weighted by Gasteiger charge is -2.13. The molecule has 1 atom stereocenters. The molecule has 22 heavy (non-hydrogen) atoms. The summed E-state index contributed by atoms with van der Waals surface area (Å²) in [5.74, 6) is -3.73. The number of rotatable bonds is 4. The summed E-state index contributed by atoms with van der Waals surface area (Å²) in [6.45, 7) is 1.54. The number of aromatic carboxylic acids is 1. The lowest BCUT2D eigenvalue weighted by atomic mass is 10.00. The molecule has 2 N–H and O–H groups in total. The molecule has 2 aromatic rings. The molecular formula is C16H13F2NO3. The Morgan fingerprint density at radius 2 is 1.86 bits per heavy atom. The van der Waals surface area contributed by atoms with Gasteiger partial charge in [0, 0.05) is 0 Å². The van der Waals surface area contributed by atoms with E-state index in [4.69, 9.17) is 5.11 Å². The molecule has 6 heteroatoms. The maximum absolute atomic E-state index is 13.7. The third-order valence-electron chi connectivity index (χ3n) is 3.21. The van der Waals surface area contributed by atoms with Crippen molar-refractivity contribution in [1.29, 1.82) is 0 Å². The highest BCUT2D eigenvalue weighted by Gasteiger charge is 2.18. The first-order chi connectivity index (χ1) is 10.4. The minimum atomic E-state index is -1.23. The minimum absolute atomic E-state index is 0.143. The van der Waals surface area contributed by atoms with Gasteiger partial charge in [0.15, 0.2) is 0 Å². The van der Waals surface area contributed by atoms with Crippen LogP contribution < -0.4 is 5.32 Å². The maximum atomic E-state index is 13.7. The molecule has 0 aliphatic rings. The van der Waals surface area contributed by atoms with E-state index in [1.54, 1.807) is 13.0 Å². The number of carbonyl (C=O) groups is 2. The van der Waals surface area contributed by atoms with E-state index in [1.165, 1.54) is 18.2 Å². The van der Waals surface area contributed by atoms with Gasteiger partial charge in [-0.25, -0.2) is 13.6 Å². The molecule has 0 fully saturated rings. The number of benzene rings is 2. The highest BCUT2D eigenvalue weighted by molar-refractivity contribution is 5.97. The number of anilines is 1. The smallest absolute Gasteiger partial charge is 0.335 e. The quantitative estimate of drug-likeness (QED) is 0.909. The third kappa shape index (κ3) is 3.46. The number of hydrogen-bond donors (Lipinski definition) is 2. The van der Waals surface area contributed by atoms with Gasteiger partial charge in [0.05, 0.1) is 17.2 Å². The van der Waals surface area contributed by atoms with Crippen LogP contribution in [0.5, 0.6) is 0 Å². The number of carboxylic acid groups (broad SMARTS) is 1. The number of hydrogen-bond acceptors (Lipinski definition) is 2. The van der Waals surface area contributed by atoms with Crippen LogP contribution in [-0.2, 0) is 4.79 Å². The summed E-state index contributed by atoms with van der Waals surface area (Å²) in [4.78, 5) is 23.0. The average Bonchev–Trinajstić information content (AvgIpc) is 2.48. The molecule has 0 aliphatic heterocycles. The van der Waals surface area contributed by atoms with Gasteiger partial charge in [0.1, 0.15) is 11.6 Å². The first-order valence-corrected chi connectivity index (χ1v) is 6.47. The zero-order valence-corrected chi connectivity index (χ0v) is 11.6. The maximum Gasteiger partial charge on any atom is 0.335 e. The standard InChI is InChI=1S/C16H13F2NO3/c1-9(10-3-2-4-12(17)7-10)15(20)19-14-8-11(16(21)22)5-6-13(14)18/h2-9H,1H3,(H,19,20)(H,21,22)/t9-/m1/s1. The topological polar surface area (TPSA) is 66.4 Å². The van der Waals surface area contributed by atoms with Crippen LogP contribution in [-0.4, -0.2) is 17.0 Å². The first-order valence-electron chi connectivity index (χ1n) is 6.47. The predicted octanol–water partition coefficient (Wildman–Crippen LogP) is 3.41. The van der Waals surface area contributed by atoms with Gasteiger partial charge in [-0.1, -0.05) is 12.1 Å². The molecule has 2 rings (SSSR count). The van der Waals surface area contributed by atoms with Crippen LogP contribution in [0.4, 0.5) is 14.5 Å². The molecule has 1 amide bonds. The van der Waals surface area contributed by atoms with Crippen LogP contribution in [0.3, 0.4) is 0 Å². The molecule has 0 saturated heterocycles. The lowest BCUT2D eigenvalue weighted by Crippen LogP contribution is -2.20. The number of amides is 1. The molecule has 114 valence electrons. The second-order valence-electron chi connectivity index (χ2n) is 4.77. The summed E-state index contributed by atoms with van der Waals surface area (Å²) < 4.78 is 26.8.